The van der Waals surface area contributed by atoms with Crippen LogP contribution < -0.4 is 10.6 Å². The summed E-state index contributed by atoms with van der Waals surface area (Å²) in [5.41, 5.74) is 3.11. The van der Waals surface area contributed by atoms with Gasteiger partial charge in [0.05, 0.1) is 17.3 Å². The van der Waals surface area contributed by atoms with Gasteiger partial charge in [-0.15, -0.1) is 0 Å². The molecule has 0 amide bonds. The van der Waals surface area contributed by atoms with Crippen molar-refractivity contribution >= 4 is 17.4 Å². The Morgan fingerprint density at radius 3 is 3.00 bits per heavy atom. The highest BCUT2D eigenvalue weighted by Crippen LogP contribution is 2.32. The smallest absolute Gasteiger partial charge is 0.119 e. The summed E-state index contributed by atoms with van der Waals surface area (Å²) in [7, 11) is 0. The van der Waals surface area contributed by atoms with E-state index in [4.69, 9.17) is 5.26 Å². The van der Waals surface area contributed by atoms with Gasteiger partial charge in [-0.05, 0) is 42.8 Å². The zero-order chi connectivity index (χ0) is 15.2. The lowest BCUT2D eigenvalue weighted by Gasteiger charge is -2.24. The molecule has 2 aromatic rings. The highest BCUT2D eigenvalue weighted by Gasteiger charge is 2.18. The van der Waals surface area contributed by atoms with Crippen LogP contribution in [0.5, 0.6) is 0 Å². The minimum absolute atomic E-state index is 0.503. The van der Waals surface area contributed by atoms with Crippen molar-refractivity contribution in [1.82, 2.24) is 10.3 Å². The van der Waals surface area contributed by atoms with Crippen LogP contribution in [0.4, 0.5) is 5.69 Å². The van der Waals surface area contributed by atoms with Gasteiger partial charge in [0.1, 0.15) is 5.03 Å². The number of aromatic nitrogens is 1. The summed E-state index contributed by atoms with van der Waals surface area (Å²) in [5.74, 6) is 0. The van der Waals surface area contributed by atoms with Crippen molar-refractivity contribution in [2.75, 3.05) is 25.0 Å². The SMILES string of the molecule is N#Cc1ccc(CCNC[C@@H]2CNc3cccnc3S2)cc1. The van der Waals surface area contributed by atoms with E-state index >= 15 is 0 Å². The lowest BCUT2D eigenvalue weighted by Crippen LogP contribution is -2.33. The van der Waals surface area contributed by atoms with Crippen molar-refractivity contribution in [3.63, 3.8) is 0 Å². The van der Waals surface area contributed by atoms with E-state index < -0.39 is 0 Å². The maximum Gasteiger partial charge on any atom is 0.119 e. The van der Waals surface area contributed by atoms with Gasteiger partial charge >= 0.3 is 0 Å². The molecule has 3 rings (SSSR count). The molecule has 2 N–H and O–H groups in total. The van der Waals surface area contributed by atoms with Gasteiger partial charge in [-0.25, -0.2) is 4.98 Å². The first-order valence-corrected chi connectivity index (χ1v) is 8.28. The largest absolute Gasteiger partial charge is 0.382 e. The Morgan fingerprint density at radius 2 is 2.18 bits per heavy atom. The average Bonchev–Trinajstić information content (AvgIpc) is 2.59. The van der Waals surface area contributed by atoms with Crippen LogP contribution in [0.15, 0.2) is 47.6 Å². The number of anilines is 1. The van der Waals surface area contributed by atoms with E-state index in [-0.39, 0.29) is 0 Å². The number of nitrogens with one attached hydrogen (secondary N) is 2. The van der Waals surface area contributed by atoms with Crippen LogP contribution in [-0.2, 0) is 6.42 Å². The first-order valence-electron chi connectivity index (χ1n) is 7.40. The number of hydrogen-bond acceptors (Lipinski definition) is 5. The van der Waals surface area contributed by atoms with Gasteiger partial charge in [-0.3, -0.25) is 0 Å². The quantitative estimate of drug-likeness (QED) is 0.832. The topological polar surface area (TPSA) is 60.7 Å². The van der Waals surface area contributed by atoms with E-state index in [2.05, 4.69) is 27.8 Å². The summed E-state index contributed by atoms with van der Waals surface area (Å²) in [6.07, 6.45) is 2.82. The molecule has 0 saturated carbocycles. The molecular weight excluding hydrogens is 292 g/mol. The Hall–Kier alpha value is -2.03. The van der Waals surface area contributed by atoms with Crippen LogP contribution in [0.3, 0.4) is 0 Å². The van der Waals surface area contributed by atoms with Crippen molar-refractivity contribution in [2.24, 2.45) is 0 Å². The van der Waals surface area contributed by atoms with Crippen LogP contribution in [-0.4, -0.2) is 29.9 Å². The fraction of sp³-hybridized carbons (Fsp3) is 0.294. The van der Waals surface area contributed by atoms with E-state index in [1.807, 2.05) is 48.3 Å². The highest BCUT2D eigenvalue weighted by molar-refractivity contribution is 8.00. The predicted molar refractivity (Wildman–Crippen MR) is 90.1 cm³/mol. The molecule has 0 unspecified atom stereocenters. The number of thioether (sulfide) groups is 1. The molecule has 1 aliphatic heterocycles. The van der Waals surface area contributed by atoms with Gasteiger partial charge in [0.2, 0.25) is 0 Å². The van der Waals surface area contributed by atoms with Crippen molar-refractivity contribution in [3.8, 4) is 6.07 Å². The maximum atomic E-state index is 8.78. The molecular formula is C17H18N4S. The average molecular weight is 310 g/mol. The van der Waals surface area contributed by atoms with E-state index in [1.165, 1.54) is 5.56 Å². The van der Waals surface area contributed by atoms with Crippen molar-refractivity contribution in [1.29, 1.82) is 5.26 Å². The monoisotopic (exact) mass is 310 g/mol. The molecule has 4 nitrogen and oxygen atoms in total. The highest BCUT2D eigenvalue weighted by atomic mass is 32.2. The number of pyridine rings is 1. The first kappa shape index (κ1) is 14.9. The van der Waals surface area contributed by atoms with E-state index in [0.29, 0.717) is 10.8 Å². The Morgan fingerprint density at radius 1 is 1.32 bits per heavy atom. The molecule has 0 fully saturated rings. The summed E-state index contributed by atoms with van der Waals surface area (Å²) < 4.78 is 0. The molecule has 0 radical (unpaired) electrons. The van der Waals surface area contributed by atoms with Crippen molar-refractivity contribution < 1.29 is 0 Å². The lowest BCUT2D eigenvalue weighted by atomic mass is 10.1. The second-order valence-corrected chi connectivity index (χ2v) is 6.53. The Labute approximate surface area is 135 Å². The van der Waals surface area contributed by atoms with Gasteiger partial charge in [0, 0.05) is 24.5 Å². The van der Waals surface area contributed by atoms with Gasteiger partial charge in [0.25, 0.3) is 0 Å². The molecule has 1 aromatic carbocycles. The molecule has 22 heavy (non-hydrogen) atoms. The summed E-state index contributed by atoms with van der Waals surface area (Å²) >= 11 is 1.84. The van der Waals surface area contributed by atoms with E-state index in [0.717, 1.165) is 36.8 Å². The molecule has 0 saturated heterocycles. The van der Waals surface area contributed by atoms with Crippen LogP contribution in [0.2, 0.25) is 0 Å². The van der Waals surface area contributed by atoms with E-state index in [1.54, 1.807) is 0 Å². The number of nitriles is 1. The molecule has 0 bridgehead atoms. The zero-order valence-electron chi connectivity index (χ0n) is 12.2. The number of benzene rings is 1. The molecule has 112 valence electrons. The second-order valence-electron chi connectivity index (χ2n) is 5.24. The van der Waals surface area contributed by atoms with Gasteiger partial charge in [0.15, 0.2) is 0 Å². The molecule has 1 atom stereocenters. The Kier molecular flexibility index (Phi) is 4.94. The standard InChI is InChI=1S/C17H18N4S/c18-10-14-5-3-13(4-6-14)7-9-19-11-15-12-21-16-2-1-8-20-17(16)22-15/h1-6,8,15,19,21H,7,9,11-12H2/t15-/m1/s1. The minimum Gasteiger partial charge on any atom is -0.382 e. The van der Waals surface area contributed by atoms with Crippen molar-refractivity contribution in [3.05, 3.63) is 53.7 Å². The summed E-state index contributed by atoms with van der Waals surface area (Å²) in [6, 6.07) is 14.0. The van der Waals surface area contributed by atoms with Crippen molar-refractivity contribution in [2.45, 2.75) is 16.7 Å². The van der Waals surface area contributed by atoms with Crippen LogP contribution in [0.1, 0.15) is 11.1 Å². The molecule has 2 heterocycles. The third kappa shape index (κ3) is 3.79. The molecule has 1 aliphatic rings. The predicted octanol–water partition coefficient (Wildman–Crippen LogP) is 2.67. The molecule has 5 heteroatoms. The van der Waals surface area contributed by atoms with Gasteiger partial charge in [-0.1, -0.05) is 23.9 Å². The Bertz CT molecular complexity index is 663. The lowest BCUT2D eigenvalue weighted by molar-refractivity contribution is 0.665. The number of fused-ring (bicyclic) bond motifs is 1. The van der Waals surface area contributed by atoms with Crippen LogP contribution in [0.25, 0.3) is 0 Å². The summed E-state index contributed by atoms with van der Waals surface area (Å²) in [6.45, 7) is 2.87. The molecule has 0 aliphatic carbocycles. The van der Waals surface area contributed by atoms with Crippen LogP contribution >= 0.6 is 11.8 Å². The fourth-order valence-electron chi connectivity index (χ4n) is 2.40. The summed E-state index contributed by atoms with van der Waals surface area (Å²) in [5, 5.41) is 17.3. The Balaban J connectivity index is 1.41. The fourth-order valence-corrected chi connectivity index (χ4v) is 3.47. The minimum atomic E-state index is 0.503. The maximum absolute atomic E-state index is 8.78. The first-order chi connectivity index (χ1) is 10.8. The van der Waals surface area contributed by atoms with Crippen LogP contribution in [0, 0.1) is 11.3 Å². The zero-order valence-corrected chi connectivity index (χ0v) is 13.1. The molecule has 0 spiro atoms. The second kappa shape index (κ2) is 7.30. The van der Waals surface area contributed by atoms with E-state index in [9.17, 15) is 0 Å². The van der Waals surface area contributed by atoms with Gasteiger partial charge in [-0.2, -0.15) is 5.26 Å². The number of nitrogens with zero attached hydrogens (tertiary/aromatic N) is 2. The number of rotatable bonds is 5. The third-order valence-corrected chi connectivity index (χ3v) is 4.83. The normalized spacial score (nSPS) is 16.4. The number of hydrogen-bond donors (Lipinski definition) is 2. The van der Waals surface area contributed by atoms with Gasteiger partial charge < -0.3 is 10.6 Å². The molecule has 1 aromatic heterocycles. The third-order valence-electron chi connectivity index (χ3n) is 3.62. The summed E-state index contributed by atoms with van der Waals surface area (Å²) in [4.78, 5) is 4.41.